The van der Waals surface area contributed by atoms with Crippen molar-refractivity contribution in [1.29, 1.82) is 0 Å². The predicted molar refractivity (Wildman–Crippen MR) is 67.4 cm³/mol. The fourth-order valence-corrected chi connectivity index (χ4v) is 3.36. The number of carboxylic acid groups (broad SMARTS) is 1. The summed E-state index contributed by atoms with van der Waals surface area (Å²) in [6.07, 6.45) is 0.828. The van der Waals surface area contributed by atoms with Crippen LogP contribution in [0.25, 0.3) is 0 Å². The molecule has 7 heteroatoms. The maximum Gasteiger partial charge on any atom is 0.327 e. The molecule has 0 saturated carbocycles. The molecule has 2 saturated heterocycles. The molecule has 0 aromatic carbocycles. The number of amides is 1. The van der Waals surface area contributed by atoms with Crippen LogP contribution in [-0.2, 0) is 14.3 Å². The first kappa shape index (κ1) is 13.6. The molecule has 6 nitrogen and oxygen atoms in total. The van der Waals surface area contributed by atoms with E-state index >= 15 is 0 Å². The van der Waals surface area contributed by atoms with Crippen LogP contribution in [0.4, 0.5) is 0 Å². The Morgan fingerprint density at radius 3 is 2.83 bits per heavy atom. The van der Waals surface area contributed by atoms with E-state index in [9.17, 15) is 9.59 Å². The first-order chi connectivity index (χ1) is 8.63. The zero-order valence-electron chi connectivity index (χ0n) is 10.1. The molecular weight excluding hydrogens is 256 g/mol. The smallest absolute Gasteiger partial charge is 0.327 e. The SMILES string of the molecule is NCC1CCC(C(=O)N2CCSCC2C(=O)O)O1. The molecule has 2 rings (SSSR count). The van der Waals surface area contributed by atoms with Gasteiger partial charge < -0.3 is 20.5 Å². The van der Waals surface area contributed by atoms with Crippen molar-refractivity contribution in [2.24, 2.45) is 5.73 Å². The third kappa shape index (κ3) is 2.78. The molecule has 2 aliphatic heterocycles. The summed E-state index contributed by atoms with van der Waals surface area (Å²) in [6.45, 7) is 0.885. The van der Waals surface area contributed by atoms with Gasteiger partial charge in [0.15, 0.2) is 0 Å². The van der Waals surface area contributed by atoms with Crippen LogP contribution in [0.3, 0.4) is 0 Å². The highest BCUT2D eigenvalue weighted by Gasteiger charge is 2.39. The van der Waals surface area contributed by atoms with Gasteiger partial charge in [-0.1, -0.05) is 0 Å². The van der Waals surface area contributed by atoms with Crippen LogP contribution in [0.5, 0.6) is 0 Å². The number of hydrogen-bond donors (Lipinski definition) is 2. The molecule has 0 aromatic rings. The Balaban J connectivity index is 2.00. The zero-order chi connectivity index (χ0) is 13.1. The number of nitrogens with zero attached hydrogens (tertiary/aromatic N) is 1. The minimum atomic E-state index is -0.941. The molecule has 2 heterocycles. The standard InChI is InChI=1S/C11H18N2O4S/c12-5-7-1-2-9(17-7)10(14)13-3-4-18-6-8(13)11(15)16/h7-9H,1-6,12H2,(H,15,16). The molecule has 2 fully saturated rings. The summed E-state index contributed by atoms with van der Waals surface area (Å²) in [7, 11) is 0. The Bertz CT molecular complexity index is 339. The predicted octanol–water partition coefficient (Wildman–Crippen LogP) is -0.479. The van der Waals surface area contributed by atoms with Crippen molar-refractivity contribution in [3.8, 4) is 0 Å². The van der Waals surface area contributed by atoms with Crippen molar-refractivity contribution in [2.45, 2.75) is 31.1 Å². The Hall–Kier alpha value is -0.790. The lowest BCUT2D eigenvalue weighted by molar-refractivity contribution is -0.154. The fraction of sp³-hybridized carbons (Fsp3) is 0.818. The van der Waals surface area contributed by atoms with Crippen LogP contribution in [0.2, 0.25) is 0 Å². The first-order valence-corrected chi connectivity index (χ1v) is 7.25. The number of thioether (sulfide) groups is 1. The van der Waals surface area contributed by atoms with E-state index < -0.39 is 18.1 Å². The number of rotatable bonds is 3. The van der Waals surface area contributed by atoms with Gasteiger partial charge in [0.2, 0.25) is 0 Å². The topological polar surface area (TPSA) is 92.9 Å². The highest BCUT2D eigenvalue weighted by Crippen LogP contribution is 2.24. The molecule has 0 aromatic heterocycles. The second-order valence-corrected chi connectivity index (χ2v) is 5.67. The van der Waals surface area contributed by atoms with Gasteiger partial charge in [0.25, 0.3) is 5.91 Å². The molecule has 0 spiro atoms. The number of ether oxygens (including phenoxy) is 1. The molecule has 1 amide bonds. The van der Waals surface area contributed by atoms with E-state index in [-0.39, 0.29) is 12.0 Å². The van der Waals surface area contributed by atoms with E-state index in [1.165, 1.54) is 4.90 Å². The third-order valence-electron chi connectivity index (χ3n) is 3.34. The Morgan fingerprint density at radius 2 is 2.22 bits per heavy atom. The van der Waals surface area contributed by atoms with Crippen molar-refractivity contribution < 1.29 is 19.4 Å². The molecule has 18 heavy (non-hydrogen) atoms. The highest BCUT2D eigenvalue weighted by atomic mass is 32.2. The van der Waals surface area contributed by atoms with E-state index in [0.29, 0.717) is 25.3 Å². The fourth-order valence-electron chi connectivity index (χ4n) is 2.32. The van der Waals surface area contributed by atoms with Crippen molar-refractivity contribution in [3.05, 3.63) is 0 Å². The van der Waals surface area contributed by atoms with E-state index in [2.05, 4.69) is 0 Å². The summed E-state index contributed by atoms with van der Waals surface area (Å²) in [5, 5.41) is 9.13. The largest absolute Gasteiger partial charge is 0.480 e. The van der Waals surface area contributed by atoms with Gasteiger partial charge in [0.1, 0.15) is 12.1 Å². The number of carboxylic acids is 1. The Kier molecular flexibility index (Phi) is 4.47. The number of carbonyl (C=O) groups excluding carboxylic acids is 1. The van der Waals surface area contributed by atoms with Gasteiger partial charge in [-0.15, -0.1) is 0 Å². The third-order valence-corrected chi connectivity index (χ3v) is 4.37. The zero-order valence-corrected chi connectivity index (χ0v) is 10.9. The van der Waals surface area contributed by atoms with Crippen LogP contribution in [0.1, 0.15) is 12.8 Å². The van der Waals surface area contributed by atoms with Crippen molar-refractivity contribution in [1.82, 2.24) is 4.90 Å². The molecule has 102 valence electrons. The second kappa shape index (κ2) is 5.90. The number of aliphatic carboxylic acids is 1. The molecule has 3 unspecified atom stereocenters. The lowest BCUT2D eigenvalue weighted by Gasteiger charge is -2.34. The normalized spacial score (nSPS) is 32.5. The second-order valence-electron chi connectivity index (χ2n) is 4.52. The number of nitrogens with two attached hydrogens (primary N) is 1. The van der Waals surface area contributed by atoms with E-state index in [1.807, 2.05) is 0 Å². The van der Waals surface area contributed by atoms with Crippen molar-refractivity contribution in [2.75, 3.05) is 24.6 Å². The van der Waals surface area contributed by atoms with E-state index in [1.54, 1.807) is 11.8 Å². The molecule has 3 atom stereocenters. The Labute approximate surface area is 110 Å². The summed E-state index contributed by atoms with van der Waals surface area (Å²) in [6, 6.07) is -0.725. The number of carbonyl (C=O) groups is 2. The van der Waals surface area contributed by atoms with Gasteiger partial charge in [0, 0.05) is 24.6 Å². The molecule has 0 aliphatic carbocycles. The average molecular weight is 274 g/mol. The minimum absolute atomic E-state index is 0.0682. The maximum absolute atomic E-state index is 12.3. The summed E-state index contributed by atoms with van der Waals surface area (Å²) >= 11 is 1.56. The Morgan fingerprint density at radius 1 is 1.44 bits per heavy atom. The van der Waals surface area contributed by atoms with Gasteiger partial charge in [-0.05, 0) is 12.8 Å². The van der Waals surface area contributed by atoms with Gasteiger partial charge in [-0.3, -0.25) is 4.79 Å². The molecule has 2 aliphatic rings. The van der Waals surface area contributed by atoms with Gasteiger partial charge in [-0.25, -0.2) is 4.79 Å². The maximum atomic E-state index is 12.3. The van der Waals surface area contributed by atoms with Crippen molar-refractivity contribution >= 4 is 23.6 Å². The summed E-state index contributed by atoms with van der Waals surface area (Å²) < 4.78 is 5.54. The monoisotopic (exact) mass is 274 g/mol. The van der Waals surface area contributed by atoms with Gasteiger partial charge >= 0.3 is 5.97 Å². The summed E-state index contributed by atoms with van der Waals surface area (Å²) in [5.41, 5.74) is 5.50. The summed E-state index contributed by atoms with van der Waals surface area (Å²) in [5.74, 6) is 0.0963. The molecular formula is C11H18N2O4S. The van der Waals surface area contributed by atoms with Gasteiger partial charge in [0.05, 0.1) is 6.10 Å². The quantitative estimate of drug-likeness (QED) is 0.722. The van der Waals surface area contributed by atoms with Crippen molar-refractivity contribution in [3.63, 3.8) is 0 Å². The van der Waals surface area contributed by atoms with Crippen LogP contribution in [-0.4, -0.2) is 64.7 Å². The molecule has 3 N–H and O–H groups in total. The first-order valence-electron chi connectivity index (χ1n) is 6.10. The average Bonchev–Trinajstić information content (AvgIpc) is 2.86. The molecule has 0 radical (unpaired) electrons. The van der Waals surface area contributed by atoms with Crippen LogP contribution < -0.4 is 5.73 Å². The van der Waals surface area contributed by atoms with Crippen LogP contribution in [0.15, 0.2) is 0 Å². The summed E-state index contributed by atoms with van der Waals surface area (Å²) in [4.78, 5) is 24.8. The lowest BCUT2D eigenvalue weighted by atomic mass is 10.1. The lowest BCUT2D eigenvalue weighted by Crippen LogP contribution is -2.53. The van der Waals surface area contributed by atoms with Crippen LogP contribution >= 0.6 is 11.8 Å². The minimum Gasteiger partial charge on any atom is -0.480 e. The van der Waals surface area contributed by atoms with Crippen LogP contribution in [0, 0.1) is 0 Å². The number of hydrogen-bond acceptors (Lipinski definition) is 5. The highest BCUT2D eigenvalue weighted by molar-refractivity contribution is 7.99. The molecule has 0 bridgehead atoms. The van der Waals surface area contributed by atoms with Gasteiger partial charge in [-0.2, -0.15) is 11.8 Å². The van der Waals surface area contributed by atoms with E-state index in [0.717, 1.165) is 12.2 Å². The van der Waals surface area contributed by atoms with E-state index in [4.69, 9.17) is 15.6 Å².